The lowest BCUT2D eigenvalue weighted by atomic mass is 10.1. The maximum atomic E-state index is 13.9. The minimum absolute atomic E-state index is 0.0573. The highest BCUT2D eigenvalue weighted by Gasteiger charge is 2.64. The Kier molecular flexibility index (Phi) is 7.03. The molecule has 0 aliphatic carbocycles. The Morgan fingerprint density at radius 3 is 2.34 bits per heavy atom. The molecule has 0 atom stereocenters. The van der Waals surface area contributed by atoms with E-state index in [9.17, 15) is 39.9 Å². The molecule has 0 fully saturated rings. The van der Waals surface area contributed by atoms with Gasteiger partial charge in [0.2, 0.25) is 0 Å². The number of nitrogens with zero attached hydrogens (tertiary/aromatic N) is 4. The first kappa shape index (κ1) is 27.6. The Balaban J connectivity index is 1.68. The minimum atomic E-state index is -6.32. The van der Waals surface area contributed by atoms with Crippen LogP contribution in [0.5, 0.6) is 0 Å². The summed E-state index contributed by atoms with van der Waals surface area (Å²) in [6.45, 7) is 0.199. The fourth-order valence-electron chi connectivity index (χ4n) is 3.50. The van der Waals surface area contributed by atoms with Crippen molar-refractivity contribution in [2.75, 3.05) is 0 Å². The average Bonchev–Trinajstić information content (AvgIpc) is 3.53. The summed E-state index contributed by atoms with van der Waals surface area (Å²) in [5.41, 5.74) is -3.77. The molecule has 4 aromatic rings. The van der Waals surface area contributed by atoms with Gasteiger partial charge in [-0.15, -0.1) is 11.3 Å². The van der Waals surface area contributed by atoms with Gasteiger partial charge in [-0.1, -0.05) is 41.9 Å². The summed E-state index contributed by atoms with van der Waals surface area (Å²) in [6.07, 6.45) is -9.94. The van der Waals surface area contributed by atoms with E-state index in [1.54, 1.807) is 30.3 Å². The molecule has 0 saturated heterocycles. The number of halogens is 9. The quantitative estimate of drug-likeness (QED) is 0.261. The second-order valence-electron chi connectivity index (χ2n) is 7.88. The lowest BCUT2D eigenvalue weighted by molar-refractivity contribution is -0.292. The predicted octanol–water partition coefficient (Wildman–Crippen LogP) is 6.59. The van der Waals surface area contributed by atoms with Crippen LogP contribution in [-0.2, 0) is 25.7 Å². The fraction of sp³-hybridized carbons (Fsp3) is 0.227. The maximum Gasteiger partial charge on any atom is 0.459 e. The number of nitrogens with one attached hydrogen (secondary N) is 1. The Morgan fingerprint density at radius 1 is 1.08 bits per heavy atom. The molecule has 1 N–H and O–H groups in total. The molecular weight excluding hydrogens is 570 g/mol. The van der Waals surface area contributed by atoms with Gasteiger partial charge in [0, 0.05) is 30.2 Å². The number of hydrogen-bond donors (Lipinski definition) is 1. The number of alkyl halides is 8. The van der Waals surface area contributed by atoms with E-state index in [1.807, 2.05) is 0 Å². The molecular formula is C22H14ClF8N5OS. The van der Waals surface area contributed by atoms with E-state index < -0.39 is 41.3 Å². The molecule has 0 aliphatic rings. The number of rotatable bonds is 6. The molecule has 3 heterocycles. The van der Waals surface area contributed by atoms with Gasteiger partial charge in [0.05, 0.1) is 11.8 Å². The molecule has 38 heavy (non-hydrogen) atoms. The molecule has 0 radical (unpaired) electrons. The third kappa shape index (κ3) is 5.12. The molecule has 1 aromatic carbocycles. The average molecular weight is 584 g/mol. The van der Waals surface area contributed by atoms with Crippen LogP contribution < -0.4 is 5.32 Å². The lowest BCUT2D eigenvalue weighted by Crippen LogP contribution is -2.36. The van der Waals surface area contributed by atoms with E-state index in [-0.39, 0.29) is 31.6 Å². The van der Waals surface area contributed by atoms with Crippen molar-refractivity contribution in [2.45, 2.75) is 24.8 Å². The number of amides is 1. The van der Waals surface area contributed by atoms with Crippen molar-refractivity contribution >= 4 is 28.8 Å². The number of carbonyl (C=O) groups is 1. The van der Waals surface area contributed by atoms with Crippen LogP contribution >= 0.6 is 22.9 Å². The van der Waals surface area contributed by atoms with Crippen molar-refractivity contribution in [2.24, 2.45) is 7.05 Å². The molecule has 0 unspecified atom stereocenters. The van der Waals surface area contributed by atoms with E-state index >= 15 is 0 Å². The van der Waals surface area contributed by atoms with Gasteiger partial charge in [-0.2, -0.15) is 45.3 Å². The van der Waals surface area contributed by atoms with Gasteiger partial charge < -0.3 is 5.32 Å². The highest BCUT2D eigenvalue weighted by Crippen LogP contribution is 2.49. The van der Waals surface area contributed by atoms with Crippen molar-refractivity contribution in [3.63, 3.8) is 0 Å². The summed E-state index contributed by atoms with van der Waals surface area (Å²) in [5, 5.41) is 9.24. The summed E-state index contributed by atoms with van der Waals surface area (Å²) in [7, 11) is 0.777. The van der Waals surface area contributed by atoms with Crippen molar-refractivity contribution in [1.82, 2.24) is 24.9 Å². The van der Waals surface area contributed by atoms with Gasteiger partial charge in [0.1, 0.15) is 9.90 Å². The fourth-order valence-corrected chi connectivity index (χ4v) is 4.74. The normalized spacial score (nSPS) is 12.7. The Labute approximate surface area is 217 Å². The van der Waals surface area contributed by atoms with Gasteiger partial charge in [-0.3, -0.25) is 4.79 Å². The summed E-state index contributed by atoms with van der Waals surface area (Å²) < 4.78 is 109. The third-order valence-corrected chi connectivity index (χ3v) is 6.67. The monoisotopic (exact) mass is 583 g/mol. The number of thiophene rings is 1. The molecule has 202 valence electrons. The summed E-state index contributed by atoms with van der Waals surface area (Å²) in [6, 6.07) is 10.3. The number of aromatic nitrogens is 4. The van der Waals surface area contributed by atoms with Crippen LogP contribution in [0.4, 0.5) is 35.1 Å². The zero-order valence-electron chi connectivity index (χ0n) is 18.8. The van der Waals surface area contributed by atoms with E-state index in [1.165, 1.54) is 6.07 Å². The van der Waals surface area contributed by atoms with Crippen LogP contribution in [0.25, 0.3) is 16.3 Å². The van der Waals surface area contributed by atoms with Crippen molar-refractivity contribution in [3.8, 4) is 16.3 Å². The van der Waals surface area contributed by atoms with Crippen LogP contribution in [0, 0.1) is 0 Å². The smallest absolute Gasteiger partial charge is 0.348 e. The summed E-state index contributed by atoms with van der Waals surface area (Å²) in [5.74, 6) is -7.57. The molecule has 4 rings (SSSR count). The first-order valence-electron chi connectivity index (χ1n) is 10.4. The Morgan fingerprint density at radius 2 is 1.74 bits per heavy atom. The topological polar surface area (TPSA) is 64.7 Å². The predicted molar refractivity (Wildman–Crippen MR) is 121 cm³/mol. The zero-order valence-corrected chi connectivity index (χ0v) is 20.4. The maximum absolute atomic E-state index is 13.9. The van der Waals surface area contributed by atoms with Gasteiger partial charge in [-0.05, 0) is 11.6 Å². The van der Waals surface area contributed by atoms with Crippen LogP contribution in [0.3, 0.4) is 0 Å². The van der Waals surface area contributed by atoms with E-state index in [4.69, 9.17) is 11.6 Å². The van der Waals surface area contributed by atoms with Crippen molar-refractivity contribution in [3.05, 3.63) is 75.5 Å². The Bertz CT molecular complexity index is 1470. The van der Waals surface area contributed by atoms with Crippen molar-refractivity contribution < 1.29 is 39.9 Å². The standard InChI is InChI=1S/C22H14ClF8N5OS/c1-35-19(15(21(26,27)28)16(34-35)20(24,25)22(29,30)31)36-10-12(9-33-36)14-7-13(17(23)38-14)18(37)32-8-11-5-3-2-4-6-11/h2-7,9-10H,8H2,1H3,(H,32,37). The lowest BCUT2D eigenvalue weighted by Gasteiger charge is -2.19. The molecule has 16 heteroatoms. The van der Waals surface area contributed by atoms with Gasteiger partial charge in [-0.25, -0.2) is 9.36 Å². The van der Waals surface area contributed by atoms with Crippen LogP contribution in [0.2, 0.25) is 4.34 Å². The third-order valence-electron chi connectivity index (χ3n) is 5.27. The summed E-state index contributed by atoms with van der Waals surface area (Å²) >= 11 is 7.07. The second-order valence-corrected chi connectivity index (χ2v) is 9.53. The molecule has 1 amide bonds. The van der Waals surface area contributed by atoms with Crippen LogP contribution in [0.1, 0.15) is 27.2 Å². The number of benzene rings is 1. The van der Waals surface area contributed by atoms with Crippen LogP contribution in [0.15, 0.2) is 48.8 Å². The molecule has 0 bridgehead atoms. The molecule has 0 aliphatic heterocycles. The molecule has 0 saturated carbocycles. The number of hydrogen-bond acceptors (Lipinski definition) is 4. The highest BCUT2D eigenvalue weighted by molar-refractivity contribution is 7.19. The summed E-state index contributed by atoms with van der Waals surface area (Å²) in [4.78, 5) is 12.9. The van der Waals surface area contributed by atoms with Gasteiger partial charge >= 0.3 is 18.3 Å². The van der Waals surface area contributed by atoms with E-state index in [2.05, 4.69) is 15.5 Å². The molecule has 3 aromatic heterocycles. The van der Waals surface area contributed by atoms with Crippen LogP contribution in [-0.4, -0.2) is 31.6 Å². The van der Waals surface area contributed by atoms with Gasteiger partial charge in [0.25, 0.3) is 5.91 Å². The molecule has 0 spiro atoms. The SMILES string of the molecule is Cn1nc(C(F)(F)C(F)(F)F)c(C(F)(F)F)c1-n1cc(-c2cc(C(=O)NCc3ccccc3)c(Cl)s2)cn1. The zero-order chi connectivity index (χ0) is 28.0. The largest absolute Gasteiger partial charge is 0.459 e. The number of aryl methyl sites for hydroxylation is 1. The van der Waals surface area contributed by atoms with E-state index in [0.717, 1.165) is 36.3 Å². The first-order chi connectivity index (χ1) is 17.6. The first-order valence-corrected chi connectivity index (χ1v) is 11.6. The molecule has 6 nitrogen and oxygen atoms in total. The highest BCUT2D eigenvalue weighted by atomic mass is 35.5. The number of carbonyl (C=O) groups excluding carboxylic acids is 1. The van der Waals surface area contributed by atoms with Crippen molar-refractivity contribution in [1.29, 1.82) is 0 Å². The second kappa shape index (κ2) is 9.69. The Hall–Kier alpha value is -3.46. The minimum Gasteiger partial charge on any atom is -0.348 e. The van der Waals surface area contributed by atoms with E-state index in [0.29, 0.717) is 4.68 Å². The van der Waals surface area contributed by atoms with Gasteiger partial charge in [0.15, 0.2) is 11.5 Å².